The van der Waals surface area contributed by atoms with Crippen LogP contribution < -0.4 is 5.32 Å². The van der Waals surface area contributed by atoms with Crippen LogP contribution in [0.3, 0.4) is 0 Å². The van der Waals surface area contributed by atoms with Gasteiger partial charge in [0, 0.05) is 12.5 Å². The van der Waals surface area contributed by atoms with Crippen LogP contribution in [-0.4, -0.2) is 33.5 Å². The molecule has 0 radical (unpaired) electrons. The van der Waals surface area contributed by atoms with Gasteiger partial charge in [-0.05, 0) is 37.1 Å². The van der Waals surface area contributed by atoms with Gasteiger partial charge >= 0.3 is 6.18 Å². The molecular formula is C14H18F3NO2S. The fourth-order valence-electron chi connectivity index (χ4n) is 2.84. The standard InChI is InChI=1S/C14H18F3NO2S/c1-18-8-13(11-6-7-21(19,20)9-11)10-2-4-12(5-3-10)14(15,16)17/h2-5,11,13,18H,6-9H2,1H3. The third-order valence-corrected chi connectivity index (χ3v) is 5.72. The molecule has 0 aromatic heterocycles. The van der Waals surface area contributed by atoms with Crippen LogP contribution in [0.15, 0.2) is 24.3 Å². The SMILES string of the molecule is CNCC(c1ccc(C(F)(F)F)cc1)C1CCS(=O)(=O)C1. The minimum absolute atomic E-state index is 0.0424. The zero-order chi connectivity index (χ0) is 15.7. The molecule has 1 aromatic rings. The lowest BCUT2D eigenvalue weighted by atomic mass is 9.85. The molecule has 7 heteroatoms. The molecule has 2 rings (SSSR count). The highest BCUT2D eigenvalue weighted by Gasteiger charge is 2.35. The van der Waals surface area contributed by atoms with Gasteiger partial charge in [0.15, 0.2) is 9.84 Å². The topological polar surface area (TPSA) is 46.2 Å². The predicted molar refractivity (Wildman–Crippen MR) is 74.9 cm³/mol. The van der Waals surface area contributed by atoms with E-state index in [1.165, 1.54) is 12.1 Å². The quantitative estimate of drug-likeness (QED) is 0.926. The third kappa shape index (κ3) is 3.97. The van der Waals surface area contributed by atoms with Gasteiger partial charge in [-0.15, -0.1) is 0 Å². The number of nitrogens with one attached hydrogen (secondary N) is 1. The molecule has 1 aromatic carbocycles. The van der Waals surface area contributed by atoms with E-state index in [-0.39, 0.29) is 23.3 Å². The molecule has 0 spiro atoms. The van der Waals surface area contributed by atoms with Crippen LogP contribution in [0, 0.1) is 5.92 Å². The van der Waals surface area contributed by atoms with Crippen LogP contribution in [-0.2, 0) is 16.0 Å². The summed E-state index contributed by atoms with van der Waals surface area (Å²) in [6.07, 6.45) is -3.79. The maximum absolute atomic E-state index is 12.6. The van der Waals surface area contributed by atoms with Crippen molar-refractivity contribution in [2.45, 2.75) is 18.5 Å². The summed E-state index contributed by atoms with van der Waals surface area (Å²) < 4.78 is 60.9. The molecule has 1 saturated heterocycles. The lowest BCUT2D eigenvalue weighted by molar-refractivity contribution is -0.137. The molecule has 0 amide bonds. The van der Waals surface area contributed by atoms with Gasteiger partial charge < -0.3 is 5.32 Å². The largest absolute Gasteiger partial charge is 0.416 e. The summed E-state index contributed by atoms with van der Waals surface area (Å²) in [7, 11) is -1.26. The average molecular weight is 321 g/mol. The first-order chi connectivity index (χ1) is 9.73. The normalized spacial score (nSPS) is 23.1. The highest BCUT2D eigenvalue weighted by atomic mass is 32.2. The maximum atomic E-state index is 12.6. The zero-order valence-electron chi connectivity index (χ0n) is 11.7. The van der Waals surface area contributed by atoms with Gasteiger partial charge in [-0.1, -0.05) is 12.1 Å². The predicted octanol–water partition coefficient (Wildman–Crippen LogP) is 2.44. The molecule has 1 aliphatic rings. The molecule has 1 fully saturated rings. The number of benzene rings is 1. The second kappa shape index (κ2) is 5.96. The summed E-state index contributed by atoms with van der Waals surface area (Å²) in [5, 5.41) is 3.00. The van der Waals surface area contributed by atoms with E-state index in [0.29, 0.717) is 13.0 Å². The van der Waals surface area contributed by atoms with E-state index in [1.54, 1.807) is 7.05 Å². The molecule has 2 atom stereocenters. The van der Waals surface area contributed by atoms with Gasteiger partial charge in [0.2, 0.25) is 0 Å². The summed E-state index contributed by atoms with van der Waals surface area (Å²) >= 11 is 0. The maximum Gasteiger partial charge on any atom is 0.416 e. The van der Waals surface area contributed by atoms with Crippen molar-refractivity contribution in [2.75, 3.05) is 25.1 Å². The fraction of sp³-hybridized carbons (Fsp3) is 0.571. The molecule has 1 heterocycles. The van der Waals surface area contributed by atoms with Crippen molar-refractivity contribution in [2.24, 2.45) is 5.92 Å². The first-order valence-electron chi connectivity index (χ1n) is 6.75. The number of alkyl halides is 3. The Morgan fingerprint density at radius 2 is 1.90 bits per heavy atom. The minimum Gasteiger partial charge on any atom is -0.319 e. The molecule has 0 bridgehead atoms. The van der Waals surface area contributed by atoms with Crippen LogP contribution >= 0.6 is 0 Å². The number of rotatable bonds is 4. The Labute approximate surface area is 122 Å². The van der Waals surface area contributed by atoms with E-state index < -0.39 is 21.6 Å². The van der Waals surface area contributed by atoms with Gasteiger partial charge in [0.1, 0.15) is 0 Å². The molecule has 21 heavy (non-hydrogen) atoms. The first-order valence-corrected chi connectivity index (χ1v) is 8.57. The second-order valence-electron chi connectivity index (χ2n) is 5.45. The highest BCUT2D eigenvalue weighted by Crippen LogP contribution is 2.35. The Kier molecular flexibility index (Phi) is 4.63. The molecule has 0 aliphatic carbocycles. The van der Waals surface area contributed by atoms with E-state index in [4.69, 9.17) is 0 Å². The lowest BCUT2D eigenvalue weighted by Crippen LogP contribution is -2.25. The Morgan fingerprint density at radius 3 is 2.33 bits per heavy atom. The van der Waals surface area contributed by atoms with Crippen LogP contribution in [0.25, 0.3) is 0 Å². The molecular weight excluding hydrogens is 303 g/mol. The van der Waals surface area contributed by atoms with Crippen molar-refractivity contribution in [1.82, 2.24) is 5.32 Å². The smallest absolute Gasteiger partial charge is 0.319 e. The van der Waals surface area contributed by atoms with E-state index in [9.17, 15) is 21.6 Å². The van der Waals surface area contributed by atoms with Crippen LogP contribution in [0.1, 0.15) is 23.5 Å². The Morgan fingerprint density at radius 1 is 1.29 bits per heavy atom. The van der Waals surface area contributed by atoms with Crippen LogP contribution in [0.5, 0.6) is 0 Å². The number of sulfone groups is 1. The van der Waals surface area contributed by atoms with Crippen molar-refractivity contribution in [1.29, 1.82) is 0 Å². The van der Waals surface area contributed by atoms with Crippen LogP contribution in [0.4, 0.5) is 13.2 Å². The van der Waals surface area contributed by atoms with Crippen molar-refractivity contribution < 1.29 is 21.6 Å². The number of hydrogen-bond acceptors (Lipinski definition) is 3. The van der Waals surface area contributed by atoms with Crippen molar-refractivity contribution >= 4 is 9.84 Å². The summed E-state index contributed by atoms with van der Waals surface area (Å²) in [6, 6.07) is 5.02. The highest BCUT2D eigenvalue weighted by molar-refractivity contribution is 7.91. The van der Waals surface area contributed by atoms with Gasteiger partial charge in [0.05, 0.1) is 17.1 Å². The summed E-state index contributed by atoms with van der Waals surface area (Å²) in [5.41, 5.74) is 0.0629. The first kappa shape index (κ1) is 16.3. The number of likely N-dealkylation sites (N-methyl/N-ethyl adjacent to an activating group) is 1. The third-order valence-electron chi connectivity index (χ3n) is 3.93. The molecule has 118 valence electrons. The average Bonchev–Trinajstić information content (AvgIpc) is 2.75. The Bertz CT molecular complexity index is 581. The zero-order valence-corrected chi connectivity index (χ0v) is 12.5. The van der Waals surface area contributed by atoms with Gasteiger partial charge in [0.25, 0.3) is 0 Å². The molecule has 0 saturated carbocycles. The molecule has 1 N–H and O–H groups in total. The van der Waals surface area contributed by atoms with E-state index in [2.05, 4.69) is 5.32 Å². The summed E-state index contributed by atoms with van der Waals surface area (Å²) in [5.74, 6) is 0.146. The van der Waals surface area contributed by atoms with Crippen molar-refractivity contribution in [3.05, 3.63) is 35.4 Å². The molecule has 2 unspecified atom stereocenters. The molecule has 3 nitrogen and oxygen atoms in total. The van der Waals surface area contributed by atoms with Crippen molar-refractivity contribution in [3.63, 3.8) is 0 Å². The Hall–Kier alpha value is -1.08. The fourth-order valence-corrected chi connectivity index (χ4v) is 4.72. The Balaban J connectivity index is 2.23. The minimum atomic E-state index is -4.35. The monoisotopic (exact) mass is 321 g/mol. The van der Waals surface area contributed by atoms with Gasteiger partial charge in [-0.2, -0.15) is 13.2 Å². The van der Waals surface area contributed by atoms with E-state index in [1.807, 2.05) is 0 Å². The van der Waals surface area contributed by atoms with Crippen molar-refractivity contribution in [3.8, 4) is 0 Å². The van der Waals surface area contributed by atoms with E-state index in [0.717, 1.165) is 17.7 Å². The molecule has 1 aliphatic heterocycles. The summed E-state index contributed by atoms with van der Waals surface area (Å²) in [6.45, 7) is 0.547. The number of hydrogen-bond donors (Lipinski definition) is 1. The lowest BCUT2D eigenvalue weighted by Gasteiger charge is -2.23. The van der Waals surface area contributed by atoms with E-state index >= 15 is 0 Å². The number of halogens is 3. The van der Waals surface area contributed by atoms with Gasteiger partial charge in [-0.25, -0.2) is 8.42 Å². The van der Waals surface area contributed by atoms with Crippen LogP contribution in [0.2, 0.25) is 0 Å². The summed E-state index contributed by atoms with van der Waals surface area (Å²) in [4.78, 5) is 0. The second-order valence-corrected chi connectivity index (χ2v) is 7.68. The van der Waals surface area contributed by atoms with Gasteiger partial charge in [-0.3, -0.25) is 0 Å².